The minimum atomic E-state index is 0.155. The first kappa shape index (κ1) is 15.0. The molecule has 0 bridgehead atoms. The molecule has 0 amide bonds. The van der Waals surface area contributed by atoms with Crippen LogP contribution in [-0.2, 0) is 0 Å². The number of hydrogen-bond acceptors (Lipinski definition) is 2. The number of aryl methyl sites for hydroxylation is 1. The lowest BCUT2D eigenvalue weighted by Gasteiger charge is -2.23. The lowest BCUT2D eigenvalue weighted by atomic mass is 9.90. The van der Waals surface area contributed by atoms with Gasteiger partial charge in [0.1, 0.15) is 5.75 Å². The number of hydrogen-bond donors (Lipinski definition) is 1. The fourth-order valence-electron chi connectivity index (χ4n) is 1.78. The minimum absolute atomic E-state index is 0.155. The van der Waals surface area contributed by atoms with Crippen LogP contribution in [0.15, 0.2) is 18.2 Å². The van der Waals surface area contributed by atoms with Gasteiger partial charge in [0.2, 0.25) is 0 Å². The largest absolute Gasteiger partial charge is 0.493 e. The molecule has 0 aliphatic carbocycles. The van der Waals surface area contributed by atoms with Gasteiger partial charge in [-0.05, 0) is 48.4 Å². The fraction of sp³-hybridized carbons (Fsp3) is 0.625. The van der Waals surface area contributed by atoms with Crippen LogP contribution in [-0.4, -0.2) is 13.2 Å². The van der Waals surface area contributed by atoms with Crippen LogP contribution in [0.25, 0.3) is 0 Å². The molecule has 0 heterocycles. The van der Waals surface area contributed by atoms with Crippen molar-refractivity contribution < 1.29 is 4.74 Å². The molecule has 2 N–H and O–H groups in total. The first-order chi connectivity index (χ1) is 8.35. The molecule has 0 aromatic heterocycles. The zero-order chi connectivity index (χ0) is 13.8. The van der Waals surface area contributed by atoms with Crippen molar-refractivity contribution in [3.63, 3.8) is 0 Å². The number of benzene rings is 1. The summed E-state index contributed by atoms with van der Waals surface area (Å²) in [4.78, 5) is 0. The number of ether oxygens (including phenoxy) is 1. The zero-order valence-electron chi connectivity index (χ0n) is 12.4. The van der Waals surface area contributed by atoms with E-state index in [1.54, 1.807) is 0 Å². The van der Waals surface area contributed by atoms with Crippen LogP contribution in [0.4, 0.5) is 0 Å². The van der Waals surface area contributed by atoms with Gasteiger partial charge < -0.3 is 10.5 Å². The summed E-state index contributed by atoms with van der Waals surface area (Å²) in [6.45, 7) is 12.3. The molecule has 102 valence electrons. The van der Waals surface area contributed by atoms with Crippen LogP contribution in [0.1, 0.15) is 51.2 Å². The second-order valence-electron chi connectivity index (χ2n) is 6.16. The average molecular weight is 249 g/mol. The smallest absolute Gasteiger partial charge is 0.122 e. The van der Waals surface area contributed by atoms with E-state index < -0.39 is 0 Å². The van der Waals surface area contributed by atoms with E-state index in [1.165, 1.54) is 11.1 Å². The van der Waals surface area contributed by atoms with E-state index in [-0.39, 0.29) is 5.41 Å². The van der Waals surface area contributed by atoms with E-state index in [0.717, 1.165) is 18.8 Å². The van der Waals surface area contributed by atoms with Crippen molar-refractivity contribution in [1.29, 1.82) is 0 Å². The Hall–Kier alpha value is -1.02. The molecule has 1 aromatic carbocycles. The lowest BCUT2D eigenvalue weighted by Crippen LogP contribution is -2.25. The molecule has 1 aromatic rings. The summed E-state index contributed by atoms with van der Waals surface area (Å²) in [6, 6.07) is 6.44. The third kappa shape index (κ3) is 4.34. The Morgan fingerprint density at radius 3 is 2.50 bits per heavy atom. The molecule has 0 unspecified atom stereocenters. The Morgan fingerprint density at radius 1 is 1.28 bits per heavy atom. The summed E-state index contributed by atoms with van der Waals surface area (Å²) >= 11 is 0. The third-order valence-corrected chi connectivity index (χ3v) is 3.38. The van der Waals surface area contributed by atoms with Gasteiger partial charge in [-0.3, -0.25) is 0 Å². The normalized spacial score (nSPS) is 11.9. The number of rotatable bonds is 6. The Labute approximate surface area is 112 Å². The van der Waals surface area contributed by atoms with E-state index in [1.807, 2.05) is 0 Å². The van der Waals surface area contributed by atoms with Crippen LogP contribution in [0.2, 0.25) is 0 Å². The van der Waals surface area contributed by atoms with Crippen molar-refractivity contribution in [2.24, 2.45) is 11.1 Å². The van der Waals surface area contributed by atoms with Gasteiger partial charge in [0.25, 0.3) is 0 Å². The summed E-state index contributed by atoms with van der Waals surface area (Å²) in [7, 11) is 0. The van der Waals surface area contributed by atoms with Crippen LogP contribution in [0.3, 0.4) is 0 Å². The molecule has 0 spiro atoms. The van der Waals surface area contributed by atoms with Gasteiger partial charge in [0.15, 0.2) is 0 Å². The molecule has 0 fully saturated rings. The summed E-state index contributed by atoms with van der Waals surface area (Å²) in [5.41, 5.74) is 8.41. The predicted molar refractivity (Wildman–Crippen MR) is 78.2 cm³/mol. The van der Waals surface area contributed by atoms with Gasteiger partial charge in [-0.15, -0.1) is 0 Å². The summed E-state index contributed by atoms with van der Waals surface area (Å²) < 4.78 is 5.96. The van der Waals surface area contributed by atoms with Crippen LogP contribution < -0.4 is 10.5 Å². The van der Waals surface area contributed by atoms with Gasteiger partial charge in [0, 0.05) is 0 Å². The molecule has 0 aliphatic heterocycles. The highest BCUT2D eigenvalue weighted by atomic mass is 16.5. The Bertz CT molecular complexity index is 383. The van der Waals surface area contributed by atoms with Gasteiger partial charge in [-0.1, -0.05) is 39.8 Å². The van der Waals surface area contributed by atoms with Crippen molar-refractivity contribution in [2.75, 3.05) is 13.2 Å². The maximum absolute atomic E-state index is 5.96. The highest BCUT2D eigenvalue weighted by molar-refractivity contribution is 5.39. The van der Waals surface area contributed by atoms with Crippen LogP contribution in [0.5, 0.6) is 5.75 Å². The number of nitrogens with two attached hydrogens (primary N) is 1. The lowest BCUT2D eigenvalue weighted by molar-refractivity contribution is 0.231. The molecule has 18 heavy (non-hydrogen) atoms. The topological polar surface area (TPSA) is 35.2 Å². The van der Waals surface area contributed by atoms with Gasteiger partial charge in [0.05, 0.1) is 6.61 Å². The Kier molecular flexibility index (Phi) is 5.21. The first-order valence-corrected chi connectivity index (χ1v) is 6.79. The molecular weight excluding hydrogens is 222 g/mol. The van der Waals surface area contributed by atoms with E-state index in [0.29, 0.717) is 12.5 Å². The molecule has 2 heteroatoms. The minimum Gasteiger partial charge on any atom is -0.493 e. The standard InChI is InChI=1S/C16H27NO/c1-12(2)14-7-6-13(3)10-15(14)18-9-8-16(4,5)11-17/h6-7,10,12H,8-9,11,17H2,1-5H3. The SMILES string of the molecule is Cc1ccc(C(C)C)c(OCCC(C)(C)CN)c1. The first-order valence-electron chi connectivity index (χ1n) is 6.79. The summed E-state index contributed by atoms with van der Waals surface area (Å²) in [5, 5.41) is 0. The van der Waals surface area contributed by atoms with E-state index in [2.05, 4.69) is 52.8 Å². The van der Waals surface area contributed by atoms with Crippen molar-refractivity contribution in [3.05, 3.63) is 29.3 Å². The fourth-order valence-corrected chi connectivity index (χ4v) is 1.78. The molecule has 0 saturated heterocycles. The second-order valence-corrected chi connectivity index (χ2v) is 6.16. The molecule has 2 nitrogen and oxygen atoms in total. The third-order valence-electron chi connectivity index (χ3n) is 3.38. The highest BCUT2D eigenvalue weighted by Gasteiger charge is 2.16. The van der Waals surface area contributed by atoms with Crippen molar-refractivity contribution in [1.82, 2.24) is 0 Å². The average Bonchev–Trinajstić information content (AvgIpc) is 2.28. The van der Waals surface area contributed by atoms with E-state index in [9.17, 15) is 0 Å². The molecule has 0 aliphatic rings. The van der Waals surface area contributed by atoms with Gasteiger partial charge >= 0.3 is 0 Å². The maximum atomic E-state index is 5.96. The quantitative estimate of drug-likeness (QED) is 0.830. The Balaban J connectivity index is 2.69. The van der Waals surface area contributed by atoms with Crippen LogP contribution in [0, 0.1) is 12.3 Å². The molecule has 1 rings (SSSR count). The van der Waals surface area contributed by atoms with Crippen LogP contribution >= 0.6 is 0 Å². The Morgan fingerprint density at radius 2 is 1.94 bits per heavy atom. The second kappa shape index (κ2) is 6.24. The van der Waals surface area contributed by atoms with E-state index in [4.69, 9.17) is 10.5 Å². The van der Waals surface area contributed by atoms with Gasteiger partial charge in [-0.25, -0.2) is 0 Å². The highest BCUT2D eigenvalue weighted by Crippen LogP contribution is 2.28. The summed E-state index contributed by atoms with van der Waals surface area (Å²) in [5.74, 6) is 1.51. The van der Waals surface area contributed by atoms with Crippen molar-refractivity contribution >= 4 is 0 Å². The zero-order valence-corrected chi connectivity index (χ0v) is 12.4. The molecule has 0 radical (unpaired) electrons. The maximum Gasteiger partial charge on any atom is 0.122 e. The van der Waals surface area contributed by atoms with Gasteiger partial charge in [-0.2, -0.15) is 0 Å². The monoisotopic (exact) mass is 249 g/mol. The van der Waals surface area contributed by atoms with Crippen molar-refractivity contribution in [3.8, 4) is 5.75 Å². The molecule has 0 atom stereocenters. The molecule has 0 saturated carbocycles. The van der Waals surface area contributed by atoms with Crippen molar-refractivity contribution in [2.45, 2.75) is 47.0 Å². The predicted octanol–water partition coefficient (Wildman–Crippen LogP) is 3.87. The summed E-state index contributed by atoms with van der Waals surface area (Å²) in [6.07, 6.45) is 0.981. The molecular formula is C16H27NO. The van der Waals surface area contributed by atoms with E-state index >= 15 is 0 Å².